The van der Waals surface area contributed by atoms with E-state index in [1.165, 1.54) is 17.5 Å². The maximum atomic E-state index is 6.20. The van der Waals surface area contributed by atoms with E-state index >= 15 is 0 Å². The lowest BCUT2D eigenvalue weighted by atomic mass is 9.98. The molecule has 2 rings (SSSR count). The van der Waals surface area contributed by atoms with E-state index in [4.69, 9.17) is 10.5 Å². The molecule has 82 valence electrons. The molecule has 2 nitrogen and oxygen atoms in total. The van der Waals surface area contributed by atoms with Gasteiger partial charge in [-0.15, -0.1) is 0 Å². The summed E-state index contributed by atoms with van der Waals surface area (Å²) in [6.45, 7) is 2.28. The number of hydrogen-bond donors (Lipinski definition) is 1. The summed E-state index contributed by atoms with van der Waals surface area (Å²) in [5, 5.41) is 0. The quantitative estimate of drug-likeness (QED) is 0.715. The molecule has 1 aromatic carbocycles. The molecule has 1 aliphatic carbocycles. The number of fused-ring (bicyclic) bond motifs is 1. The Kier molecular flexibility index (Phi) is 2.96. The molecule has 15 heavy (non-hydrogen) atoms. The Balaban J connectivity index is 2.36. The molecule has 2 atom stereocenters. The molecular formula is C13H19NO. The average molecular weight is 205 g/mol. The third-order valence-corrected chi connectivity index (χ3v) is 3.32. The topological polar surface area (TPSA) is 35.2 Å². The Labute approximate surface area is 91.4 Å². The highest BCUT2D eigenvalue weighted by molar-refractivity contribution is 5.38. The molecule has 2 N–H and O–H groups in total. The van der Waals surface area contributed by atoms with Crippen LogP contribution in [0.4, 0.5) is 0 Å². The first kappa shape index (κ1) is 10.5. The normalized spacial score (nSPS) is 25.5. The van der Waals surface area contributed by atoms with E-state index in [-0.39, 0.29) is 6.04 Å². The second-order valence-electron chi connectivity index (χ2n) is 4.55. The number of rotatable bonds is 1. The summed E-state index contributed by atoms with van der Waals surface area (Å²) in [5.41, 5.74) is 8.88. The van der Waals surface area contributed by atoms with Crippen LogP contribution in [0.5, 0.6) is 5.75 Å². The molecule has 2 unspecified atom stereocenters. The highest BCUT2D eigenvalue weighted by atomic mass is 16.5. The fraction of sp³-hybridized carbons (Fsp3) is 0.538. The van der Waals surface area contributed by atoms with Gasteiger partial charge < -0.3 is 10.5 Å². The lowest BCUT2D eigenvalue weighted by Gasteiger charge is -2.15. The van der Waals surface area contributed by atoms with Crippen LogP contribution in [-0.2, 0) is 6.42 Å². The van der Waals surface area contributed by atoms with Crippen LogP contribution in [0, 0.1) is 5.92 Å². The van der Waals surface area contributed by atoms with E-state index in [0.29, 0.717) is 0 Å². The van der Waals surface area contributed by atoms with Crippen molar-refractivity contribution in [3.8, 4) is 5.75 Å². The van der Waals surface area contributed by atoms with Crippen molar-refractivity contribution in [2.75, 3.05) is 7.11 Å². The van der Waals surface area contributed by atoms with Crippen LogP contribution in [0.2, 0.25) is 0 Å². The molecule has 0 bridgehead atoms. The van der Waals surface area contributed by atoms with Crippen LogP contribution in [-0.4, -0.2) is 7.11 Å². The fourth-order valence-corrected chi connectivity index (χ4v) is 2.35. The van der Waals surface area contributed by atoms with Gasteiger partial charge in [0.15, 0.2) is 0 Å². The van der Waals surface area contributed by atoms with E-state index in [1.807, 2.05) is 6.07 Å². The van der Waals surface area contributed by atoms with Gasteiger partial charge in [-0.2, -0.15) is 0 Å². The molecule has 0 heterocycles. The Morgan fingerprint density at radius 3 is 2.93 bits per heavy atom. The summed E-state index contributed by atoms with van der Waals surface area (Å²) < 4.78 is 5.24. The summed E-state index contributed by atoms with van der Waals surface area (Å²) in [4.78, 5) is 0. The van der Waals surface area contributed by atoms with Gasteiger partial charge in [0.05, 0.1) is 7.11 Å². The number of ether oxygens (including phenoxy) is 1. The van der Waals surface area contributed by atoms with Crippen molar-refractivity contribution in [3.63, 3.8) is 0 Å². The summed E-state index contributed by atoms with van der Waals surface area (Å²) in [7, 11) is 1.70. The molecule has 0 saturated carbocycles. The van der Waals surface area contributed by atoms with Gasteiger partial charge in [0.1, 0.15) is 5.75 Å². The van der Waals surface area contributed by atoms with Crippen molar-refractivity contribution < 1.29 is 4.74 Å². The van der Waals surface area contributed by atoms with Crippen molar-refractivity contribution in [1.82, 2.24) is 0 Å². The molecule has 0 saturated heterocycles. The summed E-state index contributed by atoms with van der Waals surface area (Å²) >= 11 is 0. The number of benzene rings is 1. The Bertz CT molecular complexity index is 348. The van der Waals surface area contributed by atoms with Gasteiger partial charge in [0.2, 0.25) is 0 Å². The van der Waals surface area contributed by atoms with Crippen LogP contribution >= 0.6 is 0 Å². The number of hydrogen-bond acceptors (Lipinski definition) is 2. The zero-order valence-electron chi connectivity index (χ0n) is 9.49. The number of aryl methyl sites for hydroxylation is 1. The minimum atomic E-state index is 0.174. The zero-order chi connectivity index (χ0) is 10.8. The smallest absolute Gasteiger partial charge is 0.119 e. The van der Waals surface area contributed by atoms with Crippen molar-refractivity contribution in [3.05, 3.63) is 29.3 Å². The van der Waals surface area contributed by atoms with Gasteiger partial charge in [-0.25, -0.2) is 0 Å². The van der Waals surface area contributed by atoms with Gasteiger partial charge in [-0.3, -0.25) is 0 Å². The van der Waals surface area contributed by atoms with E-state index in [9.17, 15) is 0 Å². The summed E-state index contributed by atoms with van der Waals surface area (Å²) in [6, 6.07) is 6.46. The third-order valence-electron chi connectivity index (χ3n) is 3.32. The molecule has 1 aliphatic rings. The van der Waals surface area contributed by atoms with Crippen molar-refractivity contribution in [1.29, 1.82) is 0 Å². The average Bonchev–Trinajstić information content (AvgIpc) is 2.38. The first-order valence-electron chi connectivity index (χ1n) is 5.63. The summed E-state index contributed by atoms with van der Waals surface area (Å²) in [5.74, 6) is 1.64. The minimum Gasteiger partial charge on any atom is -0.497 e. The van der Waals surface area contributed by atoms with E-state index in [0.717, 1.165) is 24.5 Å². The molecule has 2 heteroatoms. The molecule has 0 fully saturated rings. The number of nitrogens with two attached hydrogens (primary N) is 1. The zero-order valence-corrected chi connectivity index (χ0v) is 9.49. The number of methoxy groups -OCH3 is 1. The van der Waals surface area contributed by atoms with Gasteiger partial charge in [-0.1, -0.05) is 13.0 Å². The minimum absolute atomic E-state index is 0.174. The highest BCUT2D eigenvalue weighted by Gasteiger charge is 2.19. The highest BCUT2D eigenvalue weighted by Crippen LogP contribution is 2.32. The van der Waals surface area contributed by atoms with Gasteiger partial charge in [0.25, 0.3) is 0 Å². The van der Waals surface area contributed by atoms with Crippen LogP contribution in [0.25, 0.3) is 0 Å². The first-order valence-corrected chi connectivity index (χ1v) is 5.63. The molecule has 0 radical (unpaired) electrons. The summed E-state index contributed by atoms with van der Waals surface area (Å²) in [6.07, 6.45) is 3.47. The standard InChI is InChI=1S/C13H19NO/c1-9-3-4-10-5-6-11(15-2)8-12(10)13(14)7-9/h5-6,8-9,13H,3-4,7,14H2,1-2H3. The second-order valence-corrected chi connectivity index (χ2v) is 4.55. The largest absolute Gasteiger partial charge is 0.497 e. The first-order chi connectivity index (χ1) is 7.20. The lowest BCUT2D eigenvalue weighted by molar-refractivity contribution is 0.413. The fourth-order valence-electron chi connectivity index (χ4n) is 2.35. The maximum Gasteiger partial charge on any atom is 0.119 e. The van der Waals surface area contributed by atoms with Crippen LogP contribution in [0.1, 0.15) is 36.9 Å². The predicted octanol–water partition coefficient (Wildman–Crippen LogP) is 2.67. The van der Waals surface area contributed by atoms with Gasteiger partial charge in [0, 0.05) is 6.04 Å². The van der Waals surface area contributed by atoms with E-state index < -0.39 is 0 Å². The lowest BCUT2D eigenvalue weighted by Crippen LogP contribution is -2.12. The predicted molar refractivity (Wildman–Crippen MR) is 62.0 cm³/mol. The van der Waals surface area contributed by atoms with Crippen molar-refractivity contribution in [2.24, 2.45) is 11.7 Å². The van der Waals surface area contributed by atoms with Crippen molar-refractivity contribution in [2.45, 2.75) is 32.2 Å². The molecule has 0 aromatic heterocycles. The Morgan fingerprint density at radius 2 is 2.20 bits per heavy atom. The van der Waals surface area contributed by atoms with Crippen molar-refractivity contribution >= 4 is 0 Å². The second kappa shape index (κ2) is 4.23. The van der Waals surface area contributed by atoms with Crippen LogP contribution in [0.15, 0.2) is 18.2 Å². The SMILES string of the molecule is COc1ccc2c(c1)C(N)CC(C)CC2. The molecule has 0 amide bonds. The van der Waals surface area contributed by atoms with E-state index in [2.05, 4.69) is 19.1 Å². The maximum absolute atomic E-state index is 6.20. The van der Waals surface area contributed by atoms with Gasteiger partial charge >= 0.3 is 0 Å². The Hall–Kier alpha value is -1.02. The van der Waals surface area contributed by atoms with Crippen LogP contribution in [0.3, 0.4) is 0 Å². The molecular weight excluding hydrogens is 186 g/mol. The third kappa shape index (κ3) is 2.15. The Morgan fingerprint density at radius 1 is 1.40 bits per heavy atom. The molecule has 0 spiro atoms. The molecule has 1 aromatic rings. The van der Waals surface area contributed by atoms with Crippen LogP contribution < -0.4 is 10.5 Å². The monoisotopic (exact) mass is 205 g/mol. The molecule has 0 aliphatic heterocycles. The van der Waals surface area contributed by atoms with E-state index in [1.54, 1.807) is 7.11 Å². The van der Waals surface area contributed by atoms with Gasteiger partial charge in [-0.05, 0) is 48.4 Å².